The van der Waals surface area contributed by atoms with Crippen LogP contribution in [0.4, 0.5) is 5.13 Å². The van der Waals surface area contributed by atoms with Crippen molar-refractivity contribution in [1.82, 2.24) is 9.97 Å². The number of thiazole rings is 1. The smallest absolute Gasteiger partial charge is 0.355 e. The second-order valence-corrected chi connectivity index (χ2v) is 3.91. The summed E-state index contributed by atoms with van der Waals surface area (Å²) in [6.07, 6.45) is 3.42. The molecule has 0 aromatic carbocycles. The van der Waals surface area contributed by atoms with Crippen molar-refractivity contribution in [2.75, 3.05) is 5.32 Å². The summed E-state index contributed by atoms with van der Waals surface area (Å²) in [5, 5.41) is 13.9. The van der Waals surface area contributed by atoms with Crippen LogP contribution in [0.3, 0.4) is 0 Å². The molecule has 2 heterocycles. The van der Waals surface area contributed by atoms with Crippen LogP contribution in [0, 0.1) is 0 Å². The van der Waals surface area contributed by atoms with Gasteiger partial charge < -0.3 is 10.4 Å². The number of anilines is 1. The maximum atomic E-state index is 10.6. The monoisotopic (exact) mass is 235 g/mol. The minimum Gasteiger partial charge on any atom is -0.476 e. The van der Waals surface area contributed by atoms with Gasteiger partial charge in [0, 0.05) is 24.3 Å². The van der Waals surface area contributed by atoms with Crippen molar-refractivity contribution in [2.45, 2.75) is 6.54 Å². The normalized spacial score (nSPS) is 10.0. The van der Waals surface area contributed by atoms with Gasteiger partial charge in [0.25, 0.3) is 0 Å². The largest absolute Gasteiger partial charge is 0.476 e. The number of carbonyl (C=O) groups is 1. The Labute approximate surface area is 95.8 Å². The Kier molecular flexibility index (Phi) is 3.11. The fourth-order valence-corrected chi connectivity index (χ4v) is 1.81. The van der Waals surface area contributed by atoms with E-state index in [-0.39, 0.29) is 5.69 Å². The fraction of sp³-hybridized carbons (Fsp3) is 0.100. The first-order chi connectivity index (χ1) is 7.75. The number of carboxylic acid groups (broad SMARTS) is 1. The number of nitrogens with one attached hydrogen (secondary N) is 1. The molecule has 0 saturated heterocycles. The predicted molar refractivity (Wildman–Crippen MR) is 60.6 cm³/mol. The third kappa shape index (κ3) is 2.54. The van der Waals surface area contributed by atoms with Crippen LogP contribution in [-0.2, 0) is 6.54 Å². The van der Waals surface area contributed by atoms with Crippen molar-refractivity contribution in [3.8, 4) is 0 Å². The maximum absolute atomic E-state index is 10.6. The molecule has 2 rings (SSSR count). The number of aromatic carboxylic acids is 1. The van der Waals surface area contributed by atoms with Gasteiger partial charge in [0.1, 0.15) is 0 Å². The zero-order valence-corrected chi connectivity index (χ0v) is 9.07. The summed E-state index contributed by atoms with van der Waals surface area (Å²) in [6, 6.07) is 3.78. The van der Waals surface area contributed by atoms with E-state index in [4.69, 9.17) is 5.11 Å². The molecule has 0 aliphatic carbocycles. The van der Waals surface area contributed by atoms with Gasteiger partial charge in [0.2, 0.25) is 0 Å². The molecule has 0 fully saturated rings. The lowest BCUT2D eigenvalue weighted by Gasteiger charge is -2.01. The van der Waals surface area contributed by atoms with Gasteiger partial charge in [0.15, 0.2) is 10.8 Å². The second kappa shape index (κ2) is 4.71. The first-order valence-corrected chi connectivity index (χ1v) is 5.45. The van der Waals surface area contributed by atoms with Gasteiger partial charge in [-0.05, 0) is 17.7 Å². The molecule has 5 nitrogen and oxygen atoms in total. The summed E-state index contributed by atoms with van der Waals surface area (Å²) in [4.78, 5) is 18.4. The lowest BCUT2D eigenvalue weighted by atomic mass is 10.3. The summed E-state index contributed by atoms with van der Waals surface area (Å²) >= 11 is 1.28. The third-order valence-corrected chi connectivity index (χ3v) is 2.72. The molecule has 2 aromatic rings. The molecule has 2 N–H and O–H groups in total. The van der Waals surface area contributed by atoms with Crippen LogP contribution in [0.2, 0.25) is 0 Å². The van der Waals surface area contributed by atoms with Gasteiger partial charge in [-0.3, -0.25) is 4.98 Å². The zero-order chi connectivity index (χ0) is 11.4. The Hall–Kier alpha value is -1.95. The van der Waals surface area contributed by atoms with E-state index in [1.807, 2.05) is 12.1 Å². The molecule has 0 unspecified atom stereocenters. The van der Waals surface area contributed by atoms with Crippen LogP contribution in [0.1, 0.15) is 16.1 Å². The first kappa shape index (κ1) is 10.6. The van der Waals surface area contributed by atoms with E-state index in [1.165, 1.54) is 16.7 Å². The molecule has 0 atom stereocenters. The van der Waals surface area contributed by atoms with E-state index in [9.17, 15) is 4.79 Å². The highest BCUT2D eigenvalue weighted by Gasteiger charge is 2.07. The zero-order valence-electron chi connectivity index (χ0n) is 8.25. The summed E-state index contributed by atoms with van der Waals surface area (Å²) in [7, 11) is 0. The SMILES string of the molecule is O=C(O)c1csc(NCc2ccncc2)n1. The maximum Gasteiger partial charge on any atom is 0.355 e. The topological polar surface area (TPSA) is 75.1 Å². The number of hydrogen-bond donors (Lipinski definition) is 2. The van der Waals surface area contributed by atoms with Gasteiger partial charge in [-0.2, -0.15) is 0 Å². The number of carboxylic acids is 1. The number of hydrogen-bond acceptors (Lipinski definition) is 5. The molecular formula is C10H9N3O2S. The summed E-state index contributed by atoms with van der Waals surface area (Å²) in [5.74, 6) is -1.01. The number of rotatable bonds is 4. The van der Waals surface area contributed by atoms with Crippen molar-refractivity contribution in [3.05, 3.63) is 41.2 Å². The van der Waals surface area contributed by atoms with Crippen molar-refractivity contribution in [1.29, 1.82) is 0 Å². The quantitative estimate of drug-likeness (QED) is 0.845. The first-order valence-electron chi connectivity index (χ1n) is 4.57. The Morgan fingerprint density at radius 2 is 2.19 bits per heavy atom. The minimum atomic E-state index is -1.01. The van der Waals surface area contributed by atoms with Crippen molar-refractivity contribution >= 4 is 22.4 Å². The summed E-state index contributed by atoms with van der Waals surface area (Å²) in [6.45, 7) is 0.606. The predicted octanol–water partition coefficient (Wildman–Crippen LogP) is 1.85. The van der Waals surface area contributed by atoms with Crippen molar-refractivity contribution in [3.63, 3.8) is 0 Å². The molecule has 0 amide bonds. The van der Waals surface area contributed by atoms with Gasteiger partial charge >= 0.3 is 5.97 Å². The summed E-state index contributed by atoms with van der Waals surface area (Å²) in [5.41, 5.74) is 1.14. The molecular weight excluding hydrogens is 226 g/mol. The summed E-state index contributed by atoms with van der Waals surface area (Å²) < 4.78 is 0. The Bertz CT molecular complexity index is 484. The van der Waals surface area contributed by atoms with Gasteiger partial charge in [-0.1, -0.05) is 0 Å². The number of aromatic nitrogens is 2. The van der Waals surface area contributed by atoms with Crippen LogP contribution in [0.5, 0.6) is 0 Å². The van der Waals surface area contributed by atoms with Gasteiger partial charge in [-0.25, -0.2) is 9.78 Å². The van der Waals surface area contributed by atoms with E-state index < -0.39 is 5.97 Å². The van der Waals surface area contributed by atoms with E-state index in [0.29, 0.717) is 11.7 Å². The van der Waals surface area contributed by atoms with Crippen LogP contribution in [0.25, 0.3) is 0 Å². The van der Waals surface area contributed by atoms with Crippen LogP contribution in [0.15, 0.2) is 29.9 Å². The van der Waals surface area contributed by atoms with Gasteiger partial charge in [-0.15, -0.1) is 11.3 Å². The molecule has 0 bridgehead atoms. The van der Waals surface area contributed by atoms with E-state index >= 15 is 0 Å². The average molecular weight is 235 g/mol. The molecule has 0 spiro atoms. The highest BCUT2D eigenvalue weighted by molar-refractivity contribution is 7.13. The standard InChI is InChI=1S/C10H9N3O2S/c14-9(15)8-6-16-10(13-8)12-5-7-1-3-11-4-2-7/h1-4,6H,5H2,(H,12,13)(H,14,15). The van der Waals surface area contributed by atoms with Gasteiger partial charge in [0.05, 0.1) is 0 Å². The highest BCUT2D eigenvalue weighted by atomic mass is 32.1. The third-order valence-electron chi connectivity index (χ3n) is 1.92. The van der Waals surface area contributed by atoms with E-state index in [0.717, 1.165) is 5.56 Å². The average Bonchev–Trinajstić information content (AvgIpc) is 2.76. The lowest BCUT2D eigenvalue weighted by molar-refractivity contribution is 0.0691. The lowest BCUT2D eigenvalue weighted by Crippen LogP contribution is -2.01. The molecule has 2 aromatic heterocycles. The fourth-order valence-electron chi connectivity index (χ4n) is 1.13. The van der Waals surface area contributed by atoms with Crippen LogP contribution in [-0.4, -0.2) is 21.0 Å². The Balaban J connectivity index is 1.97. The molecule has 0 aliphatic heterocycles. The molecule has 0 aliphatic rings. The molecule has 16 heavy (non-hydrogen) atoms. The minimum absolute atomic E-state index is 0.0715. The van der Waals surface area contributed by atoms with E-state index in [1.54, 1.807) is 12.4 Å². The Morgan fingerprint density at radius 1 is 1.44 bits per heavy atom. The highest BCUT2D eigenvalue weighted by Crippen LogP contribution is 2.16. The number of nitrogens with zero attached hydrogens (tertiary/aromatic N) is 2. The molecule has 0 radical (unpaired) electrons. The van der Waals surface area contributed by atoms with Crippen LogP contribution < -0.4 is 5.32 Å². The molecule has 82 valence electrons. The number of pyridine rings is 1. The molecule has 0 saturated carbocycles. The van der Waals surface area contributed by atoms with Crippen LogP contribution >= 0.6 is 11.3 Å². The van der Waals surface area contributed by atoms with E-state index in [2.05, 4.69) is 15.3 Å². The molecule has 6 heteroatoms. The second-order valence-electron chi connectivity index (χ2n) is 3.05. The van der Waals surface area contributed by atoms with Crippen molar-refractivity contribution < 1.29 is 9.90 Å². The van der Waals surface area contributed by atoms with Crippen molar-refractivity contribution in [2.24, 2.45) is 0 Å². The Morgan fingerprint density at radius 3 is 2.81 bits per heavy atom.